The molecule has 0 amide bonds. The summed E-state index contributed by atoms with van der Waals surface area (Å²) in [4.78, 5) is 11.7. The number of rotatable bonds is 8. The van der Waals surface area contributed by atoms with E-state index in [1.165, 1.54) is 18.4 Å². The molecule has 0 radical (unpaired) electrons. The van der Waals surface area contributed by atoms with Gasteiger partial charge in [0.05, 0.1) is 0 Å². The minimum Gasteiger partial charge on any atom is -0.370 e. The zero-order valence-electron chi connectivity index (χ0n) is 13.4. The monoisotopic (exact) mass is 276 g/mol. The maximum absolute atomic E-state index is 4.72. The number of nitrogens with zero attached hydrogens (tertiary/aromatic N) is 3. The molecule has 0 bridgehead atoms. The average molecular weight is 276 g/mol. The third kappa shape index (κ3) is 3.84. The van der Waals surface area contributed by atoms with Gasteiger partial charge in [-0.05, 0) is 45.4 Å². The lowest BCUT2D eigenvalue weighted by atomic mass is 10.2. The molecule has 4 nitrogen and oxygen atoms in total. The Hall–Kier alpha value is -1.32. The quantitative estimate of drug-likeness (QED) is 0.788. The van der Waals surface area contributed by atoms with Crippen molar-refractivity contribution in [2.45, 2.75) is 53.4 Å². The van der Waals surface area contributed by atoms with Crippen LogP contribution < -0.4 is 10.2 Å². The molecule has 112 valence electrons. The van der Waals surface area contributed by atoms with Gasteiger partial charge >= 0.3 is 0 Å². The molecule has 1 saturated carbocycles. The minimum atomic E-state index is 0.862. The van der Waals surface area contributed by atoms with Gasteiger partial charge in [-0.3, -0.25) is 0 Å². The highest BCUT2D eigenvalue weighted by Gasteiger charge is 2.26. The van der Waals surface area contributed by atoms with Crippen LogP contribution in [0.1, 0.15) is 50.9 Å². The number of aryl methyl sites for hydroxylation is 1. The van der Waals surface area contributed by atoms with Gasteiger partial charge in [-0.1, -0.05) is 13.8 Å². The highest BCUT2D eigenvalue weighted by molar-refractivity contribution is 5.58. The Labute approximate surface area is 123 Å². The van der Waals surface area contributed by atoms with Crippen molar-refractivity contribution in [2.24, 2.45) is 5.92 Å². The molecule has 1 aromatic rings. The van der Waals surface area contributed by atoms with E-state index in [1.807, 2.05) is 6.92 Å². The van der Waals surface area contributed by atoms with Crippen molar-refractivity contribution in [3.8, 4) is 0 Å². The summed E-state index contributed by atoms with van der Waals surface area (Å²) < 4.78 is 0. The van der Waals surface area contributed by atoms with Crippen LogP contribution in [0, 0.1) is 19.8 Å². The first-order valence-corrected chi connectivity index (χ1v) is 7.99. The van der Waals surface area contributed by atoms with Crippen molar-refractivity contribution in [1.29, 1.82) is 0 Å². The summed E-state index contributed by atoms with van der Waals surface area (Å²) >= 11 is 0. The SMILES string of the molecule is CCCNc1nc(C)nc(N(CCC)CC2CC2)c1C. The van der Waals surface area contributed by atoms with E-state index in [1.54, 1.807) is 0 Å². The number of anilines is 2. The van der Waals surface area contributed by atoms with Gasteiger partial charge in [-0.15, -0.1) is 0 Å². The summed E-state index contributed by atoms with van der Waals surface area (Å²) in [5.74, 6) is 3.88. The minimum absolute atomic E-state index is 0.862. The molecule has 1 aliphatic rings. The van der Waals surface area contributed by atoms with E-state index in [2.05, 4.69) is 36.0 Å². The average Bonchev–Trinajstić information content (AvgIpc) is 3.23. The maximum atomic E-state index is 4.72. The number of aromatic nitrogens is 2. The van der Waals surface area contributed by atoms with Gasteiger partial charge in [0.1, 0.15) is 17.5 Å². The number of hydrogen-bond acceptors (Lipinski definition) is 4. The Morgan fingerprint density at radius 3 is 2.50 bits per heavy atom. The van der Waals surface area contributed by atoms with Crippen LogP contribution in [0.4, 0.5) is 11.6 Å². The third-order valence-corrected chi connectivity index (χ3v) is 3.74. The van der Waals surface area contributed by atoms with Crippen LogP contribution >= 0.6 is 0 Å². The highest BCUT2D eigenvalue weighted by atomic mass is 15.2. The summed E-state index contributed by atoms with van der Waals surface area (Å²) in [7, 11) is 0. The van der Waals surface area contributed by atoms with E-state index < -0.39 is 0 Å². The molecule has 0 spiro atoms. The highest BCUT2D eigenvalue weighted by Crippen LogP contribution is 2.32. The van der Waals surface area contributed by atoms with Crippen LogP contribution in [0.15, 0.2) is 0 Å². The Kier molecular flexibility index (Phi) is 5.21. The summed E-state index contributed by atoms with van der Waals surface area (Å²) in [6.45, 7) is 11.7. The fraction of sp³-hybridized carbons (Fsp3) is 0.750. The van der Waals surface area contributed by atoms with Gasteiger partial charge in [-0.2, -0.15) is 0 Å². The molecule has 1 N–H and O–H groups in total. The molecule has 0 aliphatic heterocycles. The molecule has 1 aliphatic carbocycles. The lowest BCUT2D eigenvalue weighted by Crippen LogP contribution is -2.29. The van der Waals surface area contributed by atoms with Gasteiger partial charge in [0, 0.05) is 25.2 Å². The van der Waals surface area contributed by atoms with Crippen LogP contribution in [-0.4, -0.2) is 29.6 Å². The fourth-order valence-corrected chi connectivity index (χ4v) is 2.50. The van der Waals surface area contributed by atoms with E-state index in [-0.39, 0.29) is 0 Å². The van der Waals surface area contributed by atoms with Crippen molar-refractivity contribution in [3.05, 3.63) is 11.4 Å². The molecule has 0 unspecified atom stereocenters. The molecule has 20 heavy (non-hydrogen) atoms. The molecule has 4 heteroatoms. The molecule has 1 fully saturated rings. The fourth-order valence-electron chi connectivity index (χ4n) is 2.50. The van der Waals surface area contributed by atoms with Crippen molar-refractivity contribution in [3.63, 3.8) is 0 Å². The second-order valence-corrected chi connectivity index (χ2v) is 5.88. The molecule has 2 rings (SSSR count). The smallest absolute Gasteiger partial charge is 0.137 e. The molecule has 0 saturated heterocycles. The zero-order chi connectivity index (χ0) is 14.5. The Balaban J connectivity index is 2.24. The Bertz CT molecular complexity index is 440. The zero-order valence-corrected chi connectivity index (χ0v) is 13.4. The summed E-state index contributed by atoms with van der Waals surface area (Å²) in [6, 6.07) is 0. The van der Waals surface area contributed by atoms with Gasteiger partial charge in [0.2, 0.25) is 0 Å². The van der Waals surface area contributed by atoms with Gasteiger partial charge in [0.15, 0.2) is 0 Å². The van der Waals surface area contributed by atoms with Crippen molar-refractivity contribution >= 4 is 11.6 Å². The Morgan fingerprint density at radius 1 is 1.15 bits per heavy atom. The van der Waals surface area contributed by atoms with E-state index in [0.717, 1.165) is 55.9 Å². The van der Waals surface area contributed by atoms with Crippen molar-refractivity contribution < 1.29 is 0 Å². The van der Waals surface area contributed by atoms with Crippen molar-refractivity contribution in [1.82, 2.24) is 9.97 Å². The van der Waals surface area contributed by atoms with Crippen LogP contribution in [0.5, 0.6) is 0 Å². The van der Waals surface area contributed by atoms with Gasteiger partial charge in [0.25, 0.3) is 0 Å². The van der Waals surface area contributed by atoms with E-state index in [9.17, 15) is 0 Å². The van der Waals surface area contributed by atoms with Gasteiger partial charge in [-0.25, -0.2) is 9.97 Å². The Morgan fingerprint density at radius 2 is 1.90 bits per heavy atom. The normalized spacial score (nSPS) is 14.4. The summed E-state index contributed by atoms with van der Waals surface area (Å²) in [5.41, 5.74) is 1.19. The largest absolute Gasteiger partial charge is 0.370 e. The predicted molar refractivity (Wildman–Crippen MR) is 85.5 cm³/mol. The second-order valence-electron chi connectivity index (χ2n) is 5.88. The molecular formula is C16H28N4. The standard InChI is InChI=1S/C16H28N4/c1-5-9-17-15-12(3)16(19-13(4)18-15)20(10-6-2)11-14-7-8-14/h14H,5-11H2,1-4H3,(H,17,18,19). The molecule has 0 aromatic carbocycles. The van der Waals surface area contributed by atoms with Crippen LogP contribution in [-0.2, 0) is 0 Å². The lowest BCUT2D eigenvalue weighted by molar-refractivity contribution is 0.693. The topological polar surface area (TPSA) is 41.1 Å². The summed E-state index contributed by atoms with van der Waals surface area (Å²) in [5, 5.41) is 3.43. The summed E-state index contributed by atoms with van der Waals surface area (Å²) in [6.07, 6.45) is 5.03. The van der Waals surface area contributed by atoms with Crippen molar-refractivity contribution in [2.75, 3.05) is 29.9 Å². The molecular weight excluding hydrogens is 248 g/mol. The predicted octanol–water partition coefficient (Wildman–Crippen LogP) is 3.54. The molecule has 0 atom stereocenters. The van der Waals surface area contributed by atoms with E-state index in [0.29, 0.717) is 0 Å². The van der Waals surface area contributed by atoms with Crippen LogP contribution in [0.25, 0.3) is 0 Å². The lowest BCUT2D eigenvalue weighted by Gasteiger charge is -2.26. The van der Waals surface area contributed by atoms with Crippen LogP contribution in [0.3, 0.4) is 0 Å². The first kappa shape index (κ1) is 15.1. The molecule has 1 aromatic heterocycles. The van der Waals surface area contributed by atoms with Gasteiger partial charge < -0.3 is 10.2 Å². The van der Waals surface area contributed by atoms with E-state index in [4.69, 9.17) is 4.98 Å². The number of nitrogens with one attached hydrogen (secondary N) is 1. The number of hydrogen-bond donors (Lipinski definition) is 1. The van der Waals surface area contributed by atoms with E-state index >= 15 is 0 Å². The second kappa shape index (κ2) is 6.91. The maximum Gasteiger partial charge on any atom is 0.137 e. The third-order valence-electron chi connectivity index (χ3n) is 3.74. The first-order valence-electron chi connectivity index (χ1n) is 7.99. The first-order chi connectivity index (χ1) is 9.65. The molecule has 1 heterocycles. The van der Waals surface area contributed by atoms with Crippen LogP contribution in [0.2, 0.25) is 0 Å².